The van der Waals surface area contributed by atoms with Crippen molar-refractivity contribution in [1.29, 1.82) is 0 Å². The van der Waals surface area contributed by atoms with Gasteiger partial charge in [-0.25, -0.2) is 9.38 Å². The van der Waals surface area contributed by atoms with Gasteiger partial charge in [-0.1, -0.05) is 11.8 Å². The van der Waals surface area contributed by atoms with Gasteiger partial charge in [0.1, 0.15) is 11.4 Å². The molecule has 1 aromatic rings. The first-order chi connectivity index (χ1) is 8.44. The third-order valence-corrected chi connectivity index (χ3v) is 3.52. The summed E-state index contributed by atoms with van der Waals surface area (Å²) in [5.74, 6) is -0.399. The minimum Gasteiger partial charge on any atom is -0.399 e. The molecule has 0 saturated heterocycles. The summed E-state index contributed by atoms with van der Waals surface area (Å²) in [6.07, 6.45) is 1.70. The van der Waals surface area contributed by atoms with E-state index >= 15 is 0 Å². The summed E-state index contributed by atoms with van der Waals surface area (Å²) < 4.78 is 13.9. The van der Waals surface area contributed by atoms with Gasteiger partial charge in [0, 0.05) is 16.2 Å². The maximum atomic E-state index is 13.9. The molecule has 5 N–H and O–H groups in total. The monoisotopic (exact) mass is 267 g/mol. The molecule has 1 heterocycles. The van der Waals surface area contributed by atoms with Crippen molar-refractivity contribution in [3.05, 3.63) is 40.6 Å². The molecule has 6 heteroatoms. The fraction of sp³-hybridized carbons (Fsp3) is 0.250. The third kappa shape index (κ3) is 2.34. The van der Waals surface area contributed by atoms with Crippen LogP contribution < -0.4 is 11.5 Å². The van der Waals surface area contributed by atoms with E-state index in [1.807, 2.05) is 0 Å². The highest BCUT2D eigenvalue weighted by Gasteiger charge is 2.31. The molecule has 1 aliphatic rings. The van der Waals surface area contributed by atoms with E-state index < -0.39 is 11.4 Å². The fourth-order valence-corrected chi connectivity index (χ4v) is 2.76. The molecule has 0 saturated carbocycles. The Morgan fingerprint density at radius 1 is 1.44 bits per heavy atom. The van der Waals surface area contributed by atoms with Crippen LogP contribution in [0.2, 0.25) is 0 Å². The highest BCUT2D eigenvalue weighted by atomic mass is 32.2. The van der Waals surface area contributed by atoms with E-state index in [0.29, 0.717) is 21.3 Å². The van der Waals surface area contributed by atoms with Gasteiger partial charge in [0.2, 0.25) is 0 Å². The van der Waals surface area contributed by atoms with Crippen molar-refractivity contribution >= 4 is 22.6 Å². The Hall–Kier alpha value is -1.53. The Bertz CT molecular complexity index is 544. The summed E-state index contributed by atoms with van der Waals surface area (Å²) in [6, 6.07) is 4.33. The number of benzene rings is 1. The van der Waals surface area contributed by atoms with E-state index in [1.54, 1.807) is 13.0 Å². The van der Waals surface area contributed by atoms with Crippen LogP contribution in [-0.2, 0) is 5.54 Å². The Kier molecular flexibility index (Phi) is 3.32. The third-order valence-electron chi connectivity index (χ3n) is 2.71. The SMILES string of the molecule is C[C@@]1(c2cc(N)ccc2F)C=C(CO)SC(N)=N1. The van der Waals surface area contributed by atoms with Gasteiger partial charge in [-0.2, -0.15) is 0 Å². The summed E-state index contributed by atoms with van der Waals surface area (Å²) in [4.78, 5) is 4.90. The molecule has 96 valence electrons. The van der Waals surface area contributed by atoms with Gasteiger partial charge in [-0.15, -0.1) is 0 Å². The normalized spacial score (nSPS) is 23.5. The summed E-state index contributed by atoms with van der Waals surface area (Å²) in [5.41, 5.74) is 11.2. The van der Waals surface area contributed by atoms with Gasteiger partial charge in [-0.3, -0.25) is 0 Å². The number of hydrogen-bond acceptors (Lipinski definition) is 5. The number of halogens is 1. The number of thioether (sulfide) groups is 1. The smallest absolute Gasteiger partial charge is 0.159 e. The second kappa shape index (κ2) is 4.62. The molecule has 4 nitrogen and oxygen atoms in total. The Morgan fingerprint density at radius 3 is 2.83 bits per heavy atom. The van der Waals surface area contributed by atoms with E-state index in [0.717, 1.165) is 0 Å². The Labute approximate surface area is 109 Å². The van der Waals surface area contributed by atoms with E-state index in [4.69, 9.17) is 11.5 Å². The molecule has 0 spiro atoms. The summed E-state index contributed by atoms with van der Waals surface area (Å²) >= 11 is 1.18. The van der Waals surface area contributed by atoms with E-state index in [-0.39, 0.29) is 6.61 Å². The zero-order valence-electron chi connectivity index (χ0n) is 9.85. The standard InChI is InChI=1S/C12H14FN3OS/c1-12(5-8(6-17)18-11(15)16-12)9-4-7(14)2-3-10(9)13/h2-5,17H,6,14H2,1H3,(H2,15,16)/t12-/m0/s1. The van der Waals surface area contributed by atoms with Crippen LogP contribution in [0.4, 0.5) is 10.1 Å². The first kappa shape index (κ1) is 12.9. The lowest BCUT2D eigenvalue weighted by Gasteiger charge is -2.28. The second-order valence-corrected chi connectivity index (χ2v) is 5.35. The molecular weight excluding hydrogens is 253 g/mol. The maximum absolute atomic E-state index is 13.9. The molecule has 0 fully saturated rings. The van der Waals surface area contributed by atoms with E-state index in [9.17, 15) is 9.50 Å². The van der Waals surface area contributed by atoms with Crippen molar-refractivity contribution in [2.24, 2.45) is 10.7 Å². The number of nitrogen functional groups attached to an aromatic ring is 1. The zero-order valence-corrected chi connectivity index (χ0v) is 10.7. The first-order valence-electron chi connectivity index (χ1n) is 5.36. The van der Waals surface area contributed by atoms with Crippen molar-refractivity contribution in [2.45, 2.75) is 12.5 Å². The number of rotatable bonds is 2. The number of nitrogens with two attached hydrogens (primary N) is 2. The van der Waals surface area contributed by atoms with Crippen LogP contribution in [0.25, 0.3) is 0 Å². The molecule has 0 aromatic heterocycles. The predicted octanol–water partition coefficient (Wildman–Crippen LogP) is 1.56. The topological polar surface area (TPSA) is 84.6 Å². The minimum absolute atomic E-state index is 0.152. The molecule has 0 amide bonds. The fourth-order valence-electron chi connectivity index (χ4n) is 1.91. The average molecular weight is 267 g/mol. The molecule has 0 unspecified atom stereocenters. The molecule has 1 aliphatic heterocycles. The number of nitrogens with zero attached hydrogens (tertiary/aromatic N) is 1. The quantitative estimate of drug-likeness (QED) is 0.710. The van der Waals surface area contributed by atoms with Crippen LogP contribution in [0.15, 0.2) is 34.2 Å². The zero-order chi connectivity index (χ0) is 13.3. The summed E-state index contributed by atoms with van der Waals surface area (Å²) in [7, 11) is 0. The van der Waals surface area contributed by atoms with Crippen LogP contribution in [0, 0.1) is 5.82 Å². The van der Waals surface area contributed by atoms with E-state index in [1.165, 1.54) is 30.0 Å². The highest BCUT2D eigenvalue weighted by Crippen LogP contribution is 2.37. The maximum Gasteiger partial charge on any atom is 0.159 e. The molecule has 2 rings (SSSR count). The lowest BCUT2D eigenvalue weighted by Crippen LogP contribution is -2.27. The number of amidine groups is 1. The van der Waals surface area contributed by atoms with Gasteiger partial charge in [0.05, 0.1) is 6.61 Å². The van der Waals surface area contributed by atoms with Crippen molar-refractivity contribution in [2.75, 3.05) is 12.3 Å². The lowest BCUT2D eigenvalue weighted by molar-refractivity contribution is 0.337. The molecular formula is C12H14FN3OS. The van der Waals surface area contributed by atoms with Crippen LogP contribution in [0.3, 0.4) is 0 Å². The Balaban J connectivity index is 2.56. The van der Waals surface area contributed by atoms with E-state index in [2.05, 4.69) is 4.99 Å². The van der Waals surface area contributed by atoms with Gasteiger partial charge in [-0.05, 0) is 31.2 Å². The molecule has 0 radical (unpaired) electrons. The number of aliphatic hydroxyl groups is 1. The molecule has 0 bridgehead atoms. The number of aliphatic imine (C=N–C) groups is 1. The van der Waals surface area contributed by atoms with Crippen LogP contribution in [0.1, 0.15) is 12.5 Å². The summed E-state index contributed by atoms with van der Waals surface area (Å²) in [6.45, 7) is 1.58. The van der Waals surface area contributed by atoms with Crippen LogP contribution in [-0.4, -0.2) is 16.9 Å². The number of aliphatic hydroxyl groups excluding tert-OH is 1. The largest absolute Gasteiger partial charge is 0.399 e. The predicted molar refractivity (Wildman–Crippen MR) is 72.5 cm³/mol. The molecule has 18 heavy (non-hydrogen) atoms. The average Bonchev–Trinajstić information content (AvgIpc) is 2.31. The van der Waals surface area contributed by atoms with Crippen molar-refractivity contribution in [3.8, 4) is 0 Å². The Morgan fingerprint density at radius 2 is 2.17 bits per heavy atom. The number of anilines is 1. The molecule has 0 aliphatic carbocycles. The van der Waals surface area contributed by atoms with Crippen LogP contribution >= 0.6 is 11.8 Å². The van der Waals surface area contributed by atoms with Crippen molar-refractivity contribution < 1.29 is 9.50 Å². The van der Waals surface area contributed by atoms with Gasteiger partial charge in [0.15, 0.2) is 5.17 Å². The van der Waals surface area contributed by atoms with Crippen molar-refractivity contribution in [1.82, 2.24) is 0 Å². The van der Waals surface area contributed by atoms with Gasteiger partial charge >= 0.3 is 0 Å². The van der Waals surface area contributed by atoms with Crippen molar-refractivity contribution in [3.63, 3.8) is 0 Å². The van der Waals surface area contributed by atoms with Gasteiger partial charge < -0.3 is 16.6 Å². The van der Waals surface area contributed by atoms with Gasteiger partial charge in [0.25, 0.3) is 0 Å². The minimum atomic E-state index is -0.938. The second-order valence-electron chi connectivity index (χ2n) is 4.21. The molecule has 1 atom stereocenters. The van der Waals surface area contributed by atoms with Crippen LogP contribution in [0.5, 0.6) is 0 Å². The lowest BCUT2D eigenvalue weighted by atomic mass is 9.91. The first-order valence-corrected chi connectivity index (χ1v) is 6.17. The summed E-state index contributed by atoms with van der Waals surface area (Å²) in [5, 5.41) is 9.49. The highest BCUT2D eigenvalue weighted by molar-refractivity contribution is 8.17. The molecule has 1 aromatic carbocycles. The number of hydrogen-bond donors (Lipinski definition) is 3.